The predicted octanol–water partition coefficient (Wildman–Crippen LogP) is 5.74. The number of rotatable bonds is 9. The Bertz CT molecular complexity index is 2120. The summed E-state index contributed by atoms with van der Waals surface area (Å²) in [5.41, 5.74) is 3.69. The minimum Gasteiger partial charge on any atom is -0.317 e. The van der Waals surface area contributed by atoms with Gasteiger partial charge in [0.15, 0.2) is 0 Å². The van der Waals surface area contributed by atoms with Gasteiger partial charge in [0.2, 0.25) is 0 Å². The Morgan fingerprint density at radius 3 is 1.54 bits per heavy atom. The molecule has 0 saturated heterocycles. The van der Waals surface area contributed by atoms with Crippen LogP contribution in [0.25, 0.3) is 43.4 Å². The number of imide groups is 2. The third kappa shape index (κ3) is 4.34. The first-order chi connectivity index (χ1) is 22.5. The molecule has 226 valence electrons. The number of benzene rings is 4. The molecule has 0 bridgehead atoms. The number of nitrogens with zero attached hydrogens (tertiary/aromatic N) is 4. The van der Waals surface area contributed by atoms with Gasteiger partial charge in [-0.2, -0.15) is 0 Å². The van der Waals surface area contributed by atoms with Gasteiger partial charge in [-0.05, 0) is 68.8 Å². The second kappa shape index (κ2) is 11.1. The molecule has 0 unspecified atom stereocenters. The van der Waals surface area contributed by atoms with Crippen molar-refractivity contribution in [2.24, 2.45) is 0 Å². The van der Waals surface area contributed by atoms with Crippen LogP contribution in [0.15, 0.2) is 85.2 Å². The Kier molecular flexibility index (Phi) is 6.76. The first-order valence-corrected chi connectivity index (χ1v) is 15.6. The minimum absolute atomic E-state index is 0.273. The second-order valence-electron chi connectivity index (χ2n) is 11.8. The van der Waals surface area contributed by atoms with Crippen molar-refractivity contribution < 1.29 is 19.2 Å². The molecule has 0 spiro atoms. The van der Waals surface area contributed by atoms with Gasteiger partial charge in [-0.1, -0.05) is 36.4 Å². The van der Waals surface area contributed by atoms with Crippen LogP contribution in [0.3, 0.4) is 0 Å². The fourth-order valence-corrected chi connectivity index (χ4v) is 6.93. The normalized spacial score (nSPS) is 14.4. The summed E-state index contributed by atoms with van der Waals surface area (Å²) in [6.45, 7) is 1.93. The van der Waals surface area contributed by atoms with Crippen molar-refractivity contribution in [1.29, 1.82) is 0 Å². The zero-order chi connectivity index (χ0) is 31.4. The van der Waals surface area contributed by atoms with Crippen molar-refractivity contribution in [3.8, 4) is 0 Å². The van der Waals surface area contributed by atoms with E-state index in [1.165, 1.54) is 9.80 Å². The van der Waals surface area contributed by atoms with E-state index in [-0.39, 0.29) is 23.6 Å². The number of carbonyl (C=O) groups is 4. The van der Waals surface area contributed by atoms with E-state index >= 15 is 0 Å². The van der Waals surface area contributed by atoms with Crippen LogP contribution in [-0.4, -0.2) is 69.6 Å². The number of aromatic nitrogens is 2. The summed E-state index contributed by atoms with van der Waals surface area (Å²) in [5.74, 6) is -1.11. The maximum absolute atomic E-state index is 13.5. The monoisotopic (exact) mass is 607 g/mol. The third-order valence-corrected chi connectivity index (χ3v) is 9.08. The maximum Gasteiger partial charge on any atom is 0.261 e. The quantitative estimate of drug-likeness (QED) is 0.127. The molecule has 9 nitrogen and oxygen atoms in total. The van der Waals surface area contributed by atoms with E-state index in [2.05, 4.69) is 15.3 Å². The Labute approximate surface area is 263 Å². The lowest BCUT2D eigenvalue weighted by Gasteiger charge is -2.28. The molecule has 0 fully saturated rings. The lowest BCUT2D eigenvalue weighted by Crippen LogP contribution is -2.41. The lowest BCUT2D eigenvalue weighted by atomic mass is 9.91. The van der Waals surface area contributed by atoms with E-state index in [9.17, 15) is 19.2 Å². The van der Waals surface area contributed by atoms with Gasteiger partial charge in [0, 0.05) is 80.1 Å². The molecule has 0 radical (unpaired) electrons. The molecule has 2 aliphatic rings. The lowest BCUT2D eigenvalue weighted by molar-refractivity contribution is 0.0591. The molecule has 6 aromatic rings. The first kappa shape index (κ1) is 28.0. The molecule has 8 rings (SSSR count). The highest BCUT2D eigenvalue weighted by Crippen LogP contribution is 2.36. The molecule has 0 atom stereocenters. The average Bonchev–Trinajstić information content (AvgIpc) is 3.09. The van der Waals surface area contributed by atoms with Gasteiger partial charge < -0.3 is 5.32 Å². The van der Waals surface area contributed by atoms with E-state index in [1.807, 2.05) is 60.7 Å². The number of fused-ring (bicyclic) bond motifs is 4. The largest absolute Gasteiger partial charge is 0.317 e. The number of amides is 4. The van der Waals surface area contributed by atoms with E-state index in [0.717, 1.165) is 39.0 Å². The molecule has 46 heavy (non-hydrogen) atoms. The van der Waals surface area contributed by atoms with E-state index in [4.69, 9.17) is 0 Å². The summed E-state index contributed by atoms with van der Waals surface area (Å²) in [7, 11) is 0. The van der Waals surface area contributed by atoms with Crippen molar-refractivity contribution >= 4 is 67.0 Å². The maximum atomic E-state index is 13.5. The van der Waals surface area contributed by atoms with Gasteiger partial charge in [0.1, 0.15) is 0 Å². The zero-order valence-electron chi connectivity index (χ0n) is 25.0. The van der Waals surface area contributed by atoms with Crippen molar-refractivity contribution in [3.63, 3.8) is 0 Å². The molecule has 9 heteroatoms. The van der Waals surface area contributed by atoms with Crippen LogP contribution in [0.5, 0.6) is 0 Å². The summed E-state index contributed by atoms with van der Waals surface area (Å²) < 4.78 is 0. The molecule has 0 aliphatic carbocycles. The van der Waals surface area contributed by atoms with Gasteiger partial charge in [0.05, 0.1) is 11.0 Å². The molecule has 4 aromatic carbocycles. The number of carbonyl (C=O) groups excluding carboxylic acids is 4. The Hall–Kier alpha value is -5.54. The molecule has 1 N–H and O–H groups in total. The first-order valence-electron chi connectivity index (χ1n) is 15.6. The van der Waals surface area contributed by atoms with Gasteiger partial charge in [-0.15, -0.1) is 0 Å². The second-order valence-corrected chi connectivity index (χ2v) is 11.8. The minimum atomic E-state index is -0.282. The van der Waals surface area contributed by atoms with Crippen LogP contribution in [0, 0.1) is 0 Å². The molecule has 4 amide bonds. The molecule has 0 saturated carbocycles. The van der Waals surface area contributed by atoms with Crippen LogP contribution in [-0.2, 0) is 0 Å². The number of hydrogen-bond donors (Lipinski definition) is 1. The van der Waals surface area contributed by atoms with Crippen molar-refractivity contribution in [3.05, 3.63) is 107 Å². The van der Waals surface area contributed by atoms with Crippen molar-refractivity contribution in [1.82, 2.24) is 25.1 Å². The van der Waals surface area contributed by atoms with Gasteiger partial charge >= 0.3 is 0 Å². The molecular weight excluding hydrogens is 578 g/mol. The smallest absolute Gasteiger partial charge is 0.261 e. The van der Waals surface area contributed by atoms with Crippen LogP contribution >= 0.6 is 0 Å². The van der Waals surface area contributed by atoms with E-state index in [0.29, 0.717) is 72.0 Å². The summed E-state index contributed by atoms with van der Waals surface area (Å²) in [6, 6.07) is 22.3. The highest BCUT2D eigenvalue weighted by atomic mass is 16.2. The zero-order valence-corrected chi connectivity index (χ0v) is 25.0. The molecule has 2 aromatic heterocycles. The highest BCUT2D eigenvalue weighted by Gasteiger charge is 2.34. The van der Waals surface area contributed by atoms with Gasteiger partial charge in [-0.3, -0.25) is 38.9 Å². The fourth-order valence-electron chi connectivity index (χ4n) is 6.93. The number of nitrogens with one attached hydrogen (secondary N) is 1. The molecule has 2 aliphatic heterocycles. The molecule has 4 heterocycles. The Morgan fingerprint density at radius 1 is 0.522 bits per heavy atom. The number of hydrogen-bond acceptors (Lipinski definition) is 7. The Balaban J connectivity index is 0.866. The standard InChI is InChI=1S/C37H29N5O4/c43-34-26-12-3-10-24-30(26)28(20-22-8-5-16-39-32(22)24)36(45)41(34)18-2-1-14-38-15-7-19-42-35(44)27-13-4-11-25-31(27)29(37(42)46)21-23-9-6-17-40-33(23)25/h3-6,8-13,16-17,20-21,38H,1-2,7,14-15,18-19H2. The predicted molar refractivity (Wildman–Crippen MR) is 176 cm³/mol. The molecular formula is C37H29N5O4. The van der Waals surface area contributed by atoms with Crippen LogP contribution < -0.4 is 5.32 Å². The topological polar surface area (TPSA) is 113 Å². The third-order valence-electron chi connectivity index (χ3n) is 9.08. The van der Waals surface area contributed by atoms with E-state index in [1.54, 1.807) is 24.5 Å². The SMILES string of the molecule is O=C1c2cccc3c2c(cc2cccnc23)C(=O)N1CCCCNCCCN1C(=O)c2cccc3c2c(cc2cccnc23)C1=O. The van der Waals surface area contributed by atoms with Crippen LogP contribution in [0.1, 0.15) is 60.7 Å². The van der Waals surface area contributed by atoms with Crippen molar-refractivity contribution in [2.45, 2.75) is 19.3 Å². The fraction of sp³-hybridized carbons (Fsp3) is 0.189. The van der Waals surface area contributed by atoms with Crippen LogP contribution in [0.2, 0.25) is 0 Å². The Morgan fingerprint density at radius 2 is 1.00 bits per heavy atom. The number of pyridine rings is 2. The van der Waals surface area contributed by atoms with E-state index < -0.39 is 0 Å². The summed E-state index contributed by atoms with van der Waals surface area (Å²) in [4.78, 5) is 65.3. The van der Waals surface area contributed by atoms with Crippen molar-refractivity contribution in [2.75, 3.05) is 26.2 Å². The highest BCUT2D eigenvalue weighted by molar-refractivity contribution is 6.30. The average molecular weight is 608 g/mol. The summed E-state index contributed by atoms with van der Waals surface area (Å²) in [6.07, 6.45) is 5.44. The summed E-state index contributed by atoms with van der Waals surface area (Å²) >= 11 is 0. The van der Waals surface area contributed by atoms with Crippen LogP contribution in [0.4, 0.5) is 0 Å². The number of unbranched alkanes of at least 4 members (excludes halogenated alkanes) is 1. The van der Waals surface area contributed by atoms with Gasteiger partial charge in [0.25, 0.3) is 23.6 Å². The summed E-state index contributed by atoms with van der Waals surface area (Å²) in [5, 5.41) is 8.10. The van der Waals surface area contributed by atoms with Gasteiger partial charge in [-0.25, -0.2) is 0 Å².